The Bertz CT molecular complexity index is 926. The monoisotopic (exact) mass is 438 g/mol. The molecule has 2 aromatic carbocycles. The molecule has 2 saturated heterocycles. The number of cyclic esters (lactones) is 1. The van der Waals surface area contributed by atoms with Crippen molar-refractivity contribution in [1.29, 1.82) is 0 Å². The lowest BCUT2D eigenvalue weighted by Crippen LogP contribution is -2.44. The number of phenolic OH excluding ortho intramolecular Hbond substituents is 1. The third-order valence-electron chi connectivity index (χ3n) is 6.77. The Kier molecular flexibility index (Phi) is 6.08. The number of benzene rings is 2. The number of fused-ring (bicyclic) bond motifs is 1. The Hall–Kier alpha value is -2.93. The van der Waals surface area contributed by atoms with E-state index in [-0.39, 0.29) is 24.0 Å². The van der Waals surface area contributed by atoms with Gasteiger partial charge in [0, 0.05) is 13.1 Å². The largest absolute Gasteiger partial charge is 0.508 e. The van der Waals surface area contributed by atoms with Crippen molar-refractivity contribution in [2.75, 3.05) is 39.4 Å². The summed E-state index contributed by atoms with van der Waals surface area (Å²) >= 11 is 0. The molecule has 3 heterocycles. The molecular weight excluding hydrogens is 408 g/mol. The number of para-hydroxylation sites is 2. The summed E-state index contributed by atoms with van der Waals surface area (Å²) in [6.45, 7) is 4.62. The molecule has 7 heteroatoms. The Morgan fingerprint density at radius 1 is 0.938 bits per heavy atom. The second-order valence-corrected chi connectivity index (χ2v) is 8.91. The number of aromatic hydroxyl groups is 1. The van der Waals surface area contributed by atoms with Crippen LogP contribution in [0.5, 0.6) is 17.2 Å². The smallest absolute Gasteiger partial charge is 0.410 e. The number of hydrogen-bond acceptors (Lipinski definition) is 6. The van der Waals surface area contributed by atoms with Crippen LogP contribution in [-0.2, 0) is 4.74 Å². The average Bonchev–Trinajstić information content (AvgIpc) is 3.19. The molecule has 1 amide bonds. The molecule has 0 radical (unpaired) electrons. The molecule has 170 valence electrons. The highest BCUT2D eigenvalue weighted by Crippen LogP contribution is 2.32. The molecule has 7 nitrogen and oxygen atoms in total. The molecule has 32 heavy (non-hydrogen) atoms. The number of rotatable bonds is 6. The molecule has 3 aliphatic heterocycles. The highest BCUT2D eigenvalue weighted by molar-refractivity contribution is 5.70. The number of nitrogens with zero attached hydrogens (tertiary/aromatic N) is 2. The van der Waals surface area contributed by atoms with Gasteiger partial charge >= 0.3 is 6.09 Å². The fourth-order valence-electron chi connectivity index (χ4n) is 4.89. The molecule has 0 spiro atoms. The number of hydrogen-bond donors (Lipinski definition) is 1. The van der Waals surface area contributed by atoms with Gasteiger partial charge in [0.25, 0.3) is 0 Å². The molecule has 1 N–H and O–H groups in total. The van der Waals surface area contributed by atoms with Crippen molar-refractivity contribution in [2.45, 2.75) is 31.4 Å². The zero-order valence-electron chi connectivity index (χ0n) is 18.2. The van der Waals surface area contributed by atoms with Gasteiger partial charge in [-0.1, -0.05) is 24.3 Å². The summed E-state index contributed by atoms with van der Waals surface area (Å²) < 4.78 is 17.3. The van der Waals surface area contributed by atoms with E-state index in [1.165, 1.54) is 0 Å². The minimum absolute atomic E-state index is 0.0619. The lowest BCUT2D eigenvalue weighted by molar-refractivity contribution is 0.0466. The summed E-state index contributed by atoms with van der Waals surface area (Å²) in [7, 11) is 0. The first-order chi connectivity index (χ1) is 15.7. The van der Waals surface area contributed by atoms with Gasteiger partial charge in [-0.3, -0.25) is 9.80 Å². The van der Waals surface area contributed by atoms with Crippen LogP contribution < -0.4 is 9.47 Å². The summed E-state index contributed by atoms with van der Waals surface area (Å²) in [4.78, 5) is 16.6. The van der Waals surface area contributed by atoms with Gasteiger partial charge in [-0.25, -0.2) is 4.79 Å². The molecule has 0 aromatic heterocycles. The predicted octanol–water partition coefficient (Wildman–Crippen LogP) is 3.83. The number of carbonyl (C=O) groups is 1. The van der Waals surface area contributed by atoms with Crippen LogP contribution in [0.4, 0.5) is 4.79 Å². The van der Waals surface area contributed by atoms with Gasteiger partial charge in [-0.15, -0.1) is 0 Å². The van der Waals surface area contributed by atoms with E-state index in [1.807, 2.05) is 41.3 Å². The van der Waals surface area contributed by atoms with Crippen LogP contribution in [0.1, 0.15) is 30.9 Å². The summed E-state index contributed by atoms with van der Waals surface area (Å²) in [5, 5.41) is 9.53. The molecule has 0 aliphatic carbocycles. The van der Waals surface area contributed by atoms with Gasteiger partial charge in [0.2, 0.25) is 0 Å². The zero-order chi connectivity index (χ0) is 21.9. The van der Waals surface area contributed by atoms with Crippen molar-refractivity contribution in [2.24, 2.45) is 5.92 Å². The van der Waals surface area contributed by atoms with E-state index in [0.717, 1.165) is 56.0 Å². The Balaban J connectivity index is 1.08. The Labute approximate surface area is 188 Å². The van der Waals surface area contributed by atoms with Crippen molar-refractivity contribution < 1.29 is 24.1 Å². The first-order valence-corrected chi connectivity index (χ1v) is 11.5. The number of ether oxygens (including phenoxy) is 3. The number of phenols is 1. The third-order valence-corrected chi connectivity index (χ3v) is 6.77. The van der Waals surface area contributed by atoms with Crippen LogP contribution in [0.3, 0.4) is 0 Å². The lowest BCUT2D eigenvalue weighted by Gasteiger charge is -2.36. The van der Waals surface area contributed by atoms with Crippen molar-refractivity contribution in [1.82, 2.24) is 9.80 Å². The van der Waals surface area contributed by atoms with E-state index in [1.54, 1.807) is 12.1 Å². The molecule has 2 atom stereocenters. The standard InChI is InChI=1S/C25H30N2O5/c28-20-7-5-19(6-8-20)22-17-31-25(29)27(22)14-11-18-9-12-26(13-10-18)15-21-16-30-23-3-1-2-4-24(23)32-21/h1-8,18,21-22,28H,9-17H2/t21-,22?/m0/s1. The maximum atomic E-state index is 12.3. The number of carbonyl (C=O) groups excluding carboxylic acids is 1. The Morgan fingerprint density at radius 3 is 2.47 bits per heavy atom. The molecule has 2 aromatic rings. The summed E-state index contributed by atoms with van der Waals surface area (Å²) in [5.41, 5.74) is 1.000. The molecule has 0 saturated carbocycles. The van der Waals surface area contributed by atoms with Crippen LogP contribution in [0.15, 0.2) is 48.5 Å². The first-order valence-electron chi connectivity index (χ1n) is 11.5. The van der Waals surface area contributed by atoms with Crippen LogP contribution in [0, 0.1) is 5.92 Å². The van der Waals surface area contributed by atoms with E-state index in [0.29, 0.717) is 25.7 Å². The second kappa shape index (κ2) is 9.28. The fraction of sp³-hybridized carbons (Fsp3) is 0.480. The zero-order valence-corrected chi connectivity index (χ0v) is 18.2. The number of amides is 1. The Morgan fingerprint density at radius 2 is 1.69 bits per heavy atom. The summed E-state index contributed by atoms with van der Waals surface area (Å²) in [6, 6.07) is 14.8. The maximum absolute atomic E-state index is 12.3. The van der Waals surface area contributed by atoms with Gasteiger partial charge in [-0.2, -0.15) is 0 Å². The van der Waals surface area contributed by atoms with Gasteiger partial charge < -0.3 is 19.3 Å². The molecule has 3 aliphatic rings. The van der Waals surface area contributed by atoms with Gasteiger partial charge in [0.05, 0.1) is 6.04 Å². The van der Waals surface area contributed by atoms with Crippen LogP contribution >= 0.6 is 0 Å². The lowest BCUT2D eigenvalue weighted by atomic mass is 9.93. The number of likely N-dealkylation sites (tertiary alicyclic amines) is 1. The summed E-state index contributed by atoms with van der Waals surface area (Å²) in [5.74, 6) is 2.49. The minimum atomic E-state index is -0.241. The van der Waals surface area contributed by atoms with Gasteiger partial charge in [0.15, 0.2) is 11.5 Å². The highest BCUT2D eigenvalue weighted by Gasteiger charge is 2.34. The molecule has 1 unspecified atom stereocenters. The summed E-state index contributed by atoms with van der Waals surface area (Å²) in [6.07, 6.45) is 3.05. The van der Waals surface area contributed by atoms with Crippen molar-refractivity contribution in [3.63, 3.8) is 0 Å². The maximum Gasteiger partial charge on any atom is 0.410 e. The SMILES string of the molecule is O=C1OCC(c2ccc(O)cc2)N1CCC1CCN(C[C@H]2COc3ccccc3O2)CC1. The molecule has 0 bridgehead atoms. The van der Waals surface area contributed by atoms with E-state index in [9.17, 15) is 9.90 Å². The van der Waals surface area contributed by atoms with Crippen molar-refractivity contribution in [3.8, 4) is 17.2 Å². The second-order valence-electron chi connectivity index (χ2n) is 8.91. The predicted molar refractivity (Wildman–Crippen MR) is 119 cm³/mol. The first kappa shape index (κ1) is 20.9. The fourth-order valence-corrected chi connectivity index (χ4v) is 4.89. The minimum Gasteiger partial charge on any atom is -0.508 e. The molecular formula is C25H30N2O5. The van der Waals surface area contributed by atoms with Gasteiger partial charge in [-0.05, 0) is 68.1 Å². The normalized spacial score (nSPS) is 23.9. The van der Waals surface area contributed by atoms with Gasteiger partial charge in [0.1, 0.15) is 25.1 Å². The van der Waals surface area contributed by atoms with E-state index >= 15 is 0 Å². The molecule has 5 rings (SSSR count). The third kappa shape index (κ3) is 4.63. The quantitative estimate of drug-likeness (QED) is 0.739. The van der Waals surface area contributed by atoms with E-state index < -0.39 is 0 Å². The van der Waals surface area contributed by atoms with Crippen LogP contribution in [-0.4, -0.2) is 66.5 Å². The van der Waals surface area contributed by atoms with Crippen LogP contribution in [0.2, 0.25) is 0 Å². The van der Waals surface area contributed by atoms with Crippen molar-refractivity contribution >= 4 is 6.09 Å². The van der Waals surface area contributed by atoms with Crippen molar-refractivity contribution in [3.05, 3.63) is 54.1 Å². The van der Waals surface area contributed by atoms with E-state index in [2.05, 4.69) is 4.90 Å². The highest BCUT2D eigenvalue weighted by atomic mass is 16.6. The van der Waals surface area contributed by atoms with Crippen LogP contribution in [0.25, 0.3) is 0 Å². The van der Waals surface area contributed by atoms with E-state index in [4.69, 9.17) is 14.2 Å². The average molecular weight is 439 g/mol. The molecule has 2 fully saturated rings. The topological polar surface area (TPSA) is 71.5 Å². The number of piperidine rings is 1.